The number of ether oxygens (including phenoxy) is 2. The molecule has 0 bridgehead atoms. The van der Waals surface area contributed by atoms with Crippen LogP contribution < -0.4 is 0 Å². The molecule has 0 aliphatic heterocycles. The molecule has 0 heterocycles. The molecule has 6 nitrogen and oxygen atoms in total. The quantitative estimate of drug-likeness (QED) is 0.256. The van der Waals surface area contributed by atoms with Gasteiger partial charge in [0.1, 0.15) is 13.2 Å². The molecule has 0 aliphatic carbocycles. The minimum atomic E-state index is -0.445. The molecule has 0 aliphatic rings. The SMILES string of the molecule is C=C(C)C(=O)OCCO[Si]OCCOC(=O)C(=C)C. The minimum Gasteiger partial charge on any atom is -0.460 e. The first-order valence-electron chi connectivity index (χ1n) is 5.59. The van der Waals surface area contributed by atoms with Crippen LogP contribution in [0.1, 0.15) is 13.8 Å². The fourth-order valence-corrected chi connectivity index (χ4v) is 1.14. The lowest BCUT2D eigenvalue weighted by atomic mass is 10.4. The molecule has 0 atom stereocenters. The first-order chi connectivity index (χ1) is 8.95. The van der Waals surface area contributed by atoms with Crippen molar-refractivity contribution in [1.82, 2.24) is 0 Å². The molecule has 19 heavy (non-hydrogen) atoms. The smallest absolute Gasteiger partial charge is 0.433 e. The van der Waals surface area contributed by atoms with Gasteiger partial charge in [-0.05, 0) is 13.8 Å². The first-order valence-corrected chi connectivity index (χ1v) is 6.40. The molecule has 0 saturated carbocycles. The molecular weight excluding hydrogens is 268 g/mol. The molecule has 0 aromatic rings. The van der Waals surface area contributed by atoms with Crippen LogP contribution in [0.4, 0.5) is 0 Å². The Morgan fingerprint density at radius 1 is 0.842 bits per heavy atom. The lowest BCUT2D eigenvalue weighted by molar-refractivity contribution is -0.140. The summed E-state index contributed by atoms with van der Waals surface area (Å²) in [7, 11) is -0.199. The standard InChI is InChI=1S/C12H18O6Si/c1-9(2)11(13)15-5-7-17-19-18-8-6-16-12(14)10(3)4/h1,3,5-8H2,2,4H3. The van der Waals surface area contributed by atoms with Crippen LogP contribution in [-0.4, -0.2) is 48.4 Å². The van der Waals surface area contributed by atoms with Crippen molar-refractivity contribution in [2.45, 2.75) is 13.8 Å². The Morgan fingerprint density at radius 2 is 1.21 bits per heavy atom. The number of hydrogen-bond donors (Lipinski definition) is 0. The van der Waals surface area contributed by atoms with Crippen molar-refractivity contribution < 1.29 is 27.9 Å². The van der Waals surface area contributed by atoms with Gasteiger partial charge in [-0.2, -0.15) is 0 Å². The molecule has 0 rings (SSSR count). The predicted molar refractivity (Wildman–Crippen MR) is 69.2 cm³/mol. The van der Waals surface area contributed by atoms with Gasteiger partial charge in [-0.15, -0.1) is 0 Å². The molecule has 0 aromatic carbocycles. The third-order valence-electron chi connectivity index (χ3n) is 1.65. The number of esters is 2. The molecule has 0 spiro atoms. The highest BCUT2D eigenvalue weighted by molar-refractivity contribution is 6.17. The summed E-state index contributed by atoms with van der Waals surface area (Å²) < 4.78 is 19.7. The van der Waals surface area contributed by atoms with Crippen LogP contribution in [0.3, 0.4) is 0 Å². The van der Waals surface area contributed by atoms with Gasteiger partial charge in [-0.1, -0.05) is 13.2 Å². The van der Waals surface area contributed by atoms with E-state index in [9.17, 15) is 9.59 Å². The van der Waals surface area contributed by atoms with E-state index in [0.29, 0.717) is 11.1 Å². The molecule has 0 fully saturated rings. The number of hydrogen-bond acceptors (Lipinski definition) is 6. The van der Waals surface area contributed by atoms with E-state index >= 15 is 0 Å². The van der Waals surface area contributed by atoms with Crippen molar-refractivity contribution in [3.8, 4) is 0 Å². The second-order valence-electron chi connectivity index (χ2n) is 3.61. The van der Waals surface area contributed by atoms with E-state index in [1.54, 1.807) is 13.8 Å². The molecule has 2 radical (unpaired) electrons. The minimum absolute atomic E-state index is 0.146. The molecule has 0 aromatic heterocycles. The third-order valence-corrected chi connectivity index (χ3v) is 2.30. The summed E-state index contributed by atoms with van der Waals surface area (Å²) in [5.41, 5.74) is 0.691. The maximum atomic E-state index is 11.0. The highest BCUT2D eigenvalue weighted by Crippen LogP contribution is 1.92. The normalized spacial score (nSPS) is 9.79. The van der Waals surface area contributed by atoms with E-state index in [1.807, 2.05) is 0 Å². The topological polar surface area (TPSA) is 71.1 Å². The fraction of sp³-hybridized carbons (Fsp3) is 0.500. The van der Waals surface area contributed by atoms with Gasteiger partial charge in [0.15, 0.2) is 0 Å². The van der Waals surface area contributed by atoms with Crippen LogP contribution >= 0.6 is 0 Å². The number of rotatable bonds is 10. The number of carbonyl (C=O) groups excluding carboxylic acids is 2. The van der Waals surface area contributed by atoms with E-state index < -0.39 is 11.9 Å². The van der Waals surface area contributed by atoms with Crippen LogP contribution in [0.15, 0.2) is 24.3 Å². The summed E-state index contributed by atoms with van der Waals surface area (Å²) in [6.45, 7) is 10.8. The molecule has 0 amide bonds. The van der Waals surface area contributed by atoms with Gasteiger partial charge >= 0.3 is 21.9 Å². The zero-order valence-electron chi connectivity index (χ0n) is 11.2. The van der Waals surface area contributed by atoms with Crippen molar-refractivity contribution in [3.05, 3.63) is 24.3 Å². The maximum absolute atomic E-state index is 11.0. The van der Waals surface area contributed by atoms with Crippen LogP contribution in [0, 0.1) is 0 Å². The summed E-state index contributed by atoms with van der Waals surface area (Å²) in [4.78, 5) is 21.9. The van der Waals surface area contributed by atoms with Gasteiger partial charge in [-0.25, -0.2) is 9.59 Å². The molecule has 0 N–H and O–H groups in total. The Balaban J connectivity index is 3.28. The summed E-state index contributed by atoms with van der Waals surface area (Å²) in [5.74, 6) is -0.890. The molecule has 0 saturated heterocycles. The predicted octanol–water partition coefficient (Wildman–Crippen LogP) is 0.792. The third kappa shape index (κ3) is 10.2. The zero-order chi connectivity index (χ0) is 14.7. The van der Waals surface area contributed by atoms with Crippen molar-refractivity contribution >= 4 is 21.9 Å². The van der Waals surface area contributed by atoms with Gasteiger partial charge in [0.05, 0.1) is 13.2 Å². The second-order valence-corrected chi connectivity index (χ2v) is 4.36. The molecule has 0 unspecified atom stereocenters. The Morgan fingerprint density at radius 3 is 1.53 bits per heavy atom. The van der Waals surface area contributed by atoms with E-state index in [2.05, 4.69) is 13.2 Å². The fourth-order valence-electron chi connectivity index (χ4n) is 0.723. The average Bonchev–Trinajstić information content (AvgIpc) is 2.35. The van der Waals surface area contributed by atoms with Gasteiger partial charge in [-0.3, -0.25) is 0 Å². The van der Waals surface area contributed by atoms with Crippen molar-refractivity contribution in [3.63, 3.8) is 0 Å². The maximum Gasteiger partial charge on any atom is 0.433 e. The van der Waals surface area contributed by atoms with Crippen molar-refractivity contribution in [1.29, 1.82) is 0 Å². The Kier molecular flexibility index (Phi) is 9.68. The van der Waals surface area contributed by atoms with E-state index in [1.165, 1.54) is 0 Å². The van der Waals surface area contributed by atoms with E-state index in [-0.39, 0.29) is 36.4 Å². The average molecular weight is 286 g/mol. The first kappa shape index (κ1) is 17.6. The van der Waals surface area contributed by atoms with Crippen LogP contribution in [0.5, 0.6) is 0 Å². The molecule has 7 heteroatoms. The zero-order valence-corrected chi connectivity index (χ0v) is 12.2. The van der Waals surface area contributed by atoms with Crippen LogP contribution in [-0.2, 0) is 27.9 Å². The summed E-state index contributed by atoms with van der Waals surface area (Å²) >= 11 is 0. The highest BCUT2D eigenvalue weighted by Gasteiger charge is 2.04. The highest BCUT2D eigenvalue weighted by atomic mass is 28.3. The lowest BCUT2D eigenvalue weighted by Gasteiger charge is -2.06. The summed E-state index contributed by atoms with van der Waals surface area (Å²) in [6.07, 6.45) is 0. The molecular formula is C12H18O6Si. The molecule has 106 valence electrons. The van der Waals surface area contributed by atoms with Crippen LogP contribution in [0.25, 0.3) is 0 Å². The van der Waals surface area contributed by atoms with Gasteiger partial charge in [0.25, 0.3) is 0 Å². The lowest BCUT2D eigenvalue weighted by Crippen LogP contribution is -2.16. The largest absolute Gasteiger partial charge is 0.460 e. The Bertz CT molecular complexity index is 307. The van der Waals surface area contributed by atoms with Crippen molar-refractivity contribution in [2.24, 2.45) is 0 Å². The Labute approximate surface area is 115 Å². The van der Waals surface area contributed by atoms with Gasteiger partial charge in [0.2, 0.25) is 0 Å². The van der Waals surface area contributed by atoms with Gasteiger partial charge < -0.3 is 18.3 Å². The van der Waals surface area contributed by atoms with E-state index in [4.69, 9.17) is 18.3 Å². The monoisotopic (exact) mass is 286 g/mol. The second kappa shape index (κ2) is 10.5. The van der Waals surface area contributed by atoms with Gasteiger partial charge in [0, 0.05) is 11.1 Å². The van der Waals surface area contributed by atoms with Crippen molar-refractivity contribution in [2.75, 3.05) is 26.4 Å². The summed E-state index contributed by atoms with van der Waals surface area (Å²) in [5, 5.41) is 0. The number of carbonyl (C=O) groups is 2. The van der Waals surface area contributed by atoms with Crippen LogP contribution in [0.2, 0.25) is 0 Å². The summed E-state index contributed by atoms with van der Waals surface area (Å²) in [6, 6.07) is 0. The van der Waals surface area contributed by atoms with E-state index in [0.717, 1.165) is 0 Å². The Hall–Kier alpha value is -1.44.